The summed E-state index contributed by atoms with van der Waals surface area (Å²) in [7, 11) is 1.71. The summed E-state index contributed by atoms with van der Waals surface area (Å²) in [5.74, 6) is 1.72. The van der Waals surface area contributed by atoms with Crippen LogP contribution in [0.15, 0.2) is 18.2 Å². The van der Waals surface area contributed by atoms with Gasteiger partial charge in [-0.1, -0.05) is 19.4 Å². The lowest BCUT2D eigenvalue weighted by Crippen LogP contribution is -2.23. The second-order valence-electron chi connectivity index (χ2n) is 5.19. The lowest BCUT2D eigenvalue weighted by molar-refractivity contribution is 0.407. The smallest absolute Gasteiger partial charge is 0.125 e. The van der Waals surface area contributed by atoms with E-state index in [0.29, 0.717) is 0 Å². The van der Waals surface area contributed by atoms with Crippen LogP contribution in [0.2, 0.25) is 0 Å². The van der Waals surface area contributed by atoms with Gasteiger partial charge in [0.1, 0.15) is 5.75 Å². The van der Waals surface area contributed by atoms with Gasteiger partial charge in [-0.05, 0) is 31.4 Å². The summed E-state index contributed by atoms with van der Waals surface area (Å²) < 4.78 is 5.45. The highest BCUT2D eigenvalue weighted by Gasteiger charge is 2.25. The molecule has 1 saturated heterocycles. The fourth-order valence-corrected chi connectivity index (χ4v) is 2.83. The Morgan fingerprint density at radius 2 is 2.28 bits per heavy atom. The molecule has 0 aliphatic carbocycles. The zero-order valence-corrected chi connectivity index (χ0v) is 11.6. The van der Waals surface area contributed by atoms with Gasteiger partial charge in [-0.3, -0.25) is 0 Å². The number of hydrogen-bond acceptors (Lipinski definition) is 3. The van der Waals surface area contributed by atoms with Crippen molar-refractivity contribution in [1.29, 1.82) is 0 Å². The van der Waals surface area contributed by atoms with Crippen LogP contribution in [0.3, 0.4) is 0 Å². The summed E-state index contributed by atoms with van der Waals surface area (Å²) in [5.41, 5.74) is 8.51. The molecule has 3 nitrogen and oxygen atoms in total. The van der Waals surface area contributed by atoms with Gasteiger partial charge >= 0.3 is 0 Å². The first kappa shape index (κ1) is 13.2. The van der Waals surface area contributed by atoms with Crippen molar-refractivity contribution < 1.29 is 4.74 Å². The number of ether oxygens (including phenoxy) is 1. The Labute approximate surface area is 110 Å². The molecule has 18 heavy (non-hydrogen) atoms. The van der Waals surface area contributed by atoms with Crippen LogP contribution in [-0.4, -0.2) is 20.2 Å². The Bertz CT molecular complexity index is 403. The molecule has 1 aromatic rings. The van der Waals surface area contributed by atoms with Gasteiger partial charge in [0.05, 0.1) is 7.11 Å². The molecule has 1 aliphatic rings. The minimum absolute atomic E-state index is 0.00294. The lowest BCUT2D eigenvalue weighted by Gasteiger charge is -2.25. The van der Waals surface area contributed by atoms with Crippen LogP contribution in [0.5, 0.6) is 5.75 Å². The maximum absolute atomic E-state index is 6.12. The van der Waals surface area contributed by atoms with Crippen molar-refractivity contribution in [3.63, 3.8) is 0 Å². The van der Waals surface area contributed by atoms with Gasteiger partial charge in [0.15, 0.2) is 0 Å². The van der Waals surface area contributed by atoms with Crippen LogP contribution in [0, 0.1) is 5.92 Å². The van der Waals surface area contributed by atoms with E-state index in [9.17, 15) is 0 Å². The summed E-state index contributed by atoms with van der Waals surface area (Å²) in [5, 5.41) is 0. The summed E-state index contributed by atoms with van der Waals surface area (Å²) in [6, 6.07) is 6.21. The first-order valence-electron chi connectivity index (χ1n) is 6.84. The van der Waals surface area contributed by atoms with Crippen molar-refractivity contribution in [2.45, 2.75) is 32.7 Å². The van der Waals surface area contributed by atoms with Crippen molar-refractivity contribution in [3.05, 3.63) is 23.8 Å². The van der Waals surface area contributed by atoms with Gasteiger partial charge in [0.25, 0.3) is 0 Å². The van der Waals surface area contributed by atoms with Gasteiger partial charge in [-0.2, -0.15) is 0 Å². The van der Waals surface area contributed by atoms with Crippen molar-refractivity contribution in [2.75, 3.05) is 25.1 Å². The first-order valence-corrected chi connectivity index (χ1v) is 6.84. The highest BCUT2D eigenvalue weighted by Crippen LogP contribution is 2.36. The van der Waals surface area contributed by atoms with E-state index in [-0.39, 0.29) is 6.04 Å². The largest absolute Gasteiger partial charge is 0.496 e. The third-order valence-corrected chi connectivity index (χ3v) is 3.92. The van der Waals surface area contributed by atoms with Crippen molar-refractivity contribution >= 4 is 5.69 Å². The Balaban J connectivity index is 2.32. The number of nitrogens with two attached hydrogens (primary N) is 1. The van der Waals surface area contributed by atoms with Crippen molar-refractivity contribution in [1.82, 2.24) is 0 Å². The highest BCUT2D eigenvalue weighted by molar-refractivity contribution is 5.61. The maximum atomic E-state index is 6.12. The molecule has 1 aliphatic heterocycles. The van der Waals surface area contributed by atoms with Crippen LogP contribution >= 0.6 is 0 Å². The first-order chi connectivity index (χ1) is 8.67. The second kappa shape index (κ2) is 5.61. The molecule has 100 valence electrons. The SMILES string of the molecule is CCC1CCN(c2cccc(OC)c2C(C)N)C1. The Morgan fingerprint density at radius 1 is 1.50 bits per heavy atom. The summed E-state index contributed by atoms with van der Waals surface area (Å²) >= 11 is 0. The van der Waals surface area contributed by atoms with Gasteiger partial charge in [-0.15, -0.1) is 0 Å². The predicted octanol–water partition coefficient (Wildman–Crippen LogP) is 2.95. The Kier molecular flexibility index (Phi) is 4.12. The number of methoxy groups -OCH3 is 1. The van der Waals surface area contributed by atoms with Crippen molar-refractivity contribution in [2.24, 2.45) is 11.7 Å². The number of hydrogen-bond donors (Lipinski definition) is 1. The molecule has 3 heteroatoms. The molecule has 2 unspecified atom stereocenters. The van der Waals surface area contributed by atoms with E-state index in [1.807, 2.05) is 13.0 Å². The van der Waals surface area contributed by atoms with Gasteiger partial charge in [-0.25, -0.2) is 0 Å². The van der Waals surface area contributed by atoms with E-state index in [0.717, 1.165) is 30.3 Å². The molecule has 1 heterocycles. The molecule has 0 aromatic heterocycles. The summed E-state index contributed by atoms with van der Waals surface area (Å²) in [6.07, 6.45) is 2.54. The molecule has 1 aromatic carbocycles. The third-order valence-electron chi connectivity index (χ3n) is 3.92. The molecule has 2 rings (SSSR count). The van der Waals surface area contributed by atoms with E-state index in [2.05, 4.69) is 24.0 Å². The van der Waals surface area contributed by atoms with E-state index in [1.54, 1.807) is 7.11 Å². The van der Waals surface area contributed by atoms with Crippen LogP contribution < -0.4 is 15.4 Å². The molecular formula is C15H24N2O. The van der Waals surface area contributed by atoms with E-state index in [4.69, 9.17) is 10.5 Å². The summed E-state index contributed by atoms with van der Waals surface area (Å²) in [4.78, 5) is 2.45. The van der Waals surface area contributed by atoms with E-state index >= 15 is 0 Å². The molecule has 0 bridgehead atoms. The molecular weight excluding hydrogens is 224 g/mol. The molecule has 0 radical (unpaired) electrons. The van der Waals surface area contributed by atoms with E-state index < -0.39 is 0 Å². The topological polar surface area (TPSA) is 38.5 Å². The van der Waals surface area contributed by atoms with Crippen LogP contribution in [0.25, 0.3) is 0 Å². The van der Waals surface area contributed by atoms with Crippen LogP contribution in [-0.2, 0) is 0 Å². The van der Waals surface area contributed by atoms with Crippen LogP contribution in [0.4, 0.5) is 5.69 Å². The molecule has 2 atom stereocenters. The molecule has 0 amide bonds. The predicted molar refractivity (Wildman–Crippen MR) is 76.2 cm³/mol. The lowest BCUT2D eigenvalue weighted by atomic mass is 10.0. The number of benzene rings is 1. The fourth-order valence-electron chi connectivity index (χ4n) is 2.83. The Hall–Kier alpha value is -1.22. The van der Waals surface area contributed by atoms with E-state index in [1.165, 1.54) is 18.5 Å². The zero-order valence-electron chi connectivity index (χ0n) is 11.6. The molecule has 2 N–H and O–H groups in total. The standard InChI is InChI=1S/C15H24N2O/c1-4-12-8-9-17(10-12)13-6-5-7-14(18-3)15(13)11(2)16/h5-7,11-12H,4,8-10,16H2,1-3H3. The fraction of sp³-hybridized carbons (Fsp3) is 0.600. The zero-order chi connectivity index (χ0) is 13.1. The normalized spacial score (nSPS) is 21.1. The Morgan fingerprint density at radius 3 is 2.83 bits per heavy atom. The van der Waals surface area contributed by atoms with Gasteiger partial charge in [0, 0.05) is 30.4 Å². The molecule has 0 spiro atoms. The minimum atomic E-state index is -0.00294. The van der Waals surface area contributed by atoms with Gasteiger partial charge in [0.2, 0.25) is 0 Å². The molecule has 1 fully saturated rings. The average molecular weight is 248 g/mol. The van der Waals surface area contributed by atoms with Crippen LogP contribution in [0.1, 0.15) is 38.3 Å². The number of nitrogens with zero attached hydrogens (tertiary/aromatic N) is 1. The third kappa shape index (κ3) is 2.46. The summed E-state index contributed by atoms with van der Waals surface area (Å²) in [6.45, 7) is 6.57. The highest BCUT2D eigenvalue weighted by atomic mass is 16.5. The number of anilines is 1. The quantitative estimate of drug-likeness (QED) is 0.890. The average Bonchev–Trinajstić information content (AvgIpc) is 2.86. The van der Waals surface area contributed by atoms with Gasteiger partial charge < -0.3 is 15.4 Å². The number of rotatable bonds is 4. The monoisotopic (exact) mass is 248 g/mol. The minimum Gasteiger partial charge on any atom is -0.496 e. The second-order valence-corrected chi connectivity index (χ2v) is 5.19. The molecule has 0 saturated carbocycles. The maximum Gasteiger partial charge on any atom is 0.125 e. The van der Waals surface area contributed by atoms with Crippen molar-refractivity contribution in [3.8, 4) is 5.75 Å².